The van der Waals surface area contributed by atoms with E-state index in [9.17, 15) is 14.7 Å². The van der Waals surface area contributed by atoms with Crippen molar-refractivity contribution < 1.29 is 24.2 Å². The van der Waals surface area contributed by atoms with Crippen molar-refractivity contribution in [2.45, 2.75) is 82.4 Å². The van der Waals surface area contributed by atoms with Gasteiger partial charge in [-0.05, 0) is 42.9 Å². The summed E-state index contributed by atoms with van der Waals surface area (Å²) < 4.78 is 12.3. The maximum absolute atomic E-state index is 13.4. The van der Waals surface area contributed by atoms with Crippen LogP contribution in [0.2, 0.25) is 0 Å². The Morgan fingerprint density at radius 2 is 2.11 bits per heavy atom. The van der Waals surface area contributed by atoms with Crippen LogP contribution < -0.4 is 15.4 Å². The molecule has 5 atom stereocenters. The third kappa shape index (κ3) is 6.14. The van der Waals surface area contributed by atoms with Crippen LogP contribution in [0.15, 0.2) is 29.8 Å². The number of ether oxygens (including phenoxy) is 2. The van der Waals surface area contributed by atoms with E-state index >= 15 is 0 Å². The number of benzene rings is 1. The highest BCUT2D eigenvalue weighted by Gasteiger charge is 2.39. The zero-order valence-corrected chi connectivity index (χ0v) is 22.2. The van der Waals surface area contributed by atoms with Crippen molar-refractivity contribution in [1.29, 1.82) is 0 Å². The molecule has 37 heavy (non-hydrogen) atoms. The minimum Gasteiger partial charge on any atom is -0.493 e. The SMILES string of the molecule is CC(C)c1ccc2c(c1)OCC[C@@H]1CC[C@H](O)[C@@H](CNC(=O)[C@@H]3C[C@@H](CN3Cc3nccs3)NC2=O)O1. The molecule has 10 heteroatoms. The van der Waals surface area contributed by atoms with E-state index < -0.39 is 18.2 Å². The van der Waals surface area contributed by atoms with Gasteiger partial charge in [0.05, 0.1) is 37.0 Å². The first kappa shape index (κ1) is 26.1. The molecule has 9 nitrogen and oxygen atoms in total. The Hall–Kier alpha value is -2.53. The summed E-state index contributed by atoms with van der Waals surface area (Å²) >= 11 is 1.55. The van der Waals surface area contributed by atoms with E-state index in [1.165, 1.54) is 0 Å². The number of carbonyl (C=O) groups is 2. The zero-order chi connectivity index (χ0) is 25.9. The van der Waals surface area contributed by atoms with Crippen molar-refractivity contribution in [2.75, 3.05) is 19.7 Å². The quantitative estimate of drug-likeness (QED) is 0.561. The highest BCUT2D eigenvalue weighted by Crippen LogP contribution is 2.28. The molecule has 3 aliphatic rings. The Bertz CT molecular complexity index is 1090. The third-order valence-corrected chi connectivity index (χ3v) is 8.30. The van der Waals surface area contributed by atoms with E-state index in [-0.39, 0.29) is 30.5 Å². The molecule has 0 unspecified atom stereocenters. The number of aliphatic hydroxyl groups excluding tert-OH is 1. The second-order valence-corrected chi connectivity index (χ2v) is 11.5. The molecular formula is C27H36N4O5S. The van der Waals surface area contributed by atoms with Crippen LogP contribution in [0.5, 0.6) is 5.75 Å². The van der Waals surface area contributed by atoms with Crippen LogP contribution in [0.4, 0.5) is 0 Å². The summed E-state index contributed by atoms with van der Waals surface area (Å²) in [6.07, 6.45) is 3.06. The van der Waals surface area contributed by atoms with Gasteiger partial charge >= 0.3 is 0 Å². The summed E-state index contributed by atoms with van der Waals surface area (Å²) in [5.41, 5.74) is 1.60. The lowest BCUT2D eigenvalue weighted by atomic mass is 9.99. The molecule has 2 saturated heterocycles. The van der Waals surface area contributed by atoms with E-state index in [1.807, 2.05) is 23.6 Å². The van der Waals surface area contributed by atoms with Crippen LogP contribution in [0.1, 0.15) is 66.4 Å². The highest BCUT2D eigenvalue weighted by molar-refractivity contribution is 7.09. The summed E-state index contributed by atoms with van der Waals surface area (Å²) in [5.74, 6) is 0.545. The number of rotatable bonds is 3. The van der Waals surface area contributed by atoms with Gasteiger partial charge in [0.2, 0.25) is 5.91 Å². The first-order valence-corrected chi connectivity index (χ1v) is 14.1. The van der Waals surface area contributed by atoms with Gasteiger partial charge in [0.1, 0.15) is 16.9 Å². The fourth-order valence-electron chi connectivity index (χ4n) is 5.39. The van der Waals surface area contributed by atoms with Gasteiger partial charge in [-0.3, -0.25) is 14.5 Å². The predicted molar refractivity (Wildman–Crippen MR) is 140 cm³/mol. The molecule has 0 aliphatic carbocycles. The van der Waals surface area contributed by atoms with E-state index in [0.29, 0.717) is 56.2 Å². The van der Waals surface area contributed by atoms with Gasteiger partial charge in [-0.25, -0.2) is 4.98 Å². The van der Waals surface area contributed by atoms with Crippen LogP contribution in [0, 0.1) is 0 Å². The average Bonchev–Trinajstić information content (AvgIpc) is 3.53. The molecule has 1 aromatic carbocycles. The Morgan fingerprint density at radius 1 is 1.24 bits per heavy atom. The number of carbonyl (C=O) groups excluding carboxylic acids is 2. The lowest BCUT2D eigenvalue weighted by molar-refractivity contribution is -0.133. The normalized spacial score (nSPS) is 29.4. The van der Waals surface area contributed by atoms with Crippen LogP contribution in [-0.4, -0.2) is 76.9 Å². The summed E-state index contributed by atoms with van der Waals surface area (Å²) in [5, 5.41) is 19.5. The molecule has 4 heterocycles. The molecule has 200 valence electrons. The number of nitrogens with zero attached hydrogens (tertiary/aromatic N) is 2. The summed E-state index contributed by atoms with van der Waals surface area (Å²) in [6.45, 7) is 5.93. The molecule has 2 fully saturated rings. The number of hydrogen-bond donors (Lipinski definition) is 3. The molecule has 2 amide bonds. The second-order valence-electron chi connectivity index (χ2n) is 10.5. The largest absolute Gasteiger partial charge is 0.493 e. The third-order valence-electron chi connectivity index (χ3n) is 7.54. The van der Waals surface area contributed by atoms with Gasteiger partial charge in [0, 0.05) is 37.1 Å². The molecular weight excluding hydrogens is 492 g/mol. The molecule has 5 rings (SSSR count). The summed E-state index contributed by atoms with van der Waals surface area (Å²) in [6, 6.07) is 5.14. The molecule has 0 radical (unpaired) electrons. The number of aromatic nitrogens is 1. The lowest BCUT2D eigenvalue weighted by Crippen LogP contribution is -2.50. The minimum absolute atomic E-state index is 0.0824. The van der Waals surface area contributed by atoms with Crippen molar-refractivity contribution in [3.8, 4) is 5.75 Å². The van der Waals surface area contributed by atoms with Gasteiger partial charge in [0.15, 0.2) is 0 Å². The van der Waals surface area contributed by atoms with Gasteiger partial charge in [-0.15, -0.1) is 11.3 Å². The topological polar surface area (TPSA) is 113 Å². The highest BCUT2D eigenvalue weighted by atomic mass is 32.1. The van der Waals surface area contributed by atoms with Crippen LogP contribution in [0.25, 0.3) is 0 Å². The summed E-state index contributed by atoms with van der Waals surface area (Å²) in [4.78, 5) is 33.2. The maximum Gasteiger partial charge on any atom is 0.255 e. The van der Waals surface area contributed by atoms with E-state index in [2.05, 4.69) is 34.4 Å². The predicted octanol–water partition coefficient (Wildman–Crippen LogP) is 2.45. The molecule has 0 saturated carbocycles. The standard InChI is InChI=1S/C27H36N4O5S/c1-16(2)17-3-5-20-23(11-17)35-9-7-19-4-6-22(32)24(36-19)13-29-27(34)21-12-18(30-26(20)33)14-31(21)15-25-28-8-10-37-25/h3,5,8,10-11,16,18-19,21-22,24,32H,4,6-7,9,12-15H2,1-2H3,(H,29,34)(H,30,33)/t18-,19-,21-,22-,24+/m0/s1. The second kappa shape index (κ2) is 11.5. The lowest BCUT2D eigenvalue weighted by Gasteiger charge is -2.34. The fraction of sp³-hybridized carbons (Fsp3) is 0.593. The van der Waals surface area contributed by atoms with Crippen LogP contribution in [-0.2, 0) is 16.1 Å². The van der Waals surface area contributed by atoms with Gasteiger partial charge in [-0.2, -0.15) is 0 Å². The number of amides is 2. The van der Waals surface area contributed by atoms with E-state index in [0.717, 1.165) is 17.0 Å². The van der Waals surface area contributed by atoms with Crippen molar-refractivity contribution in [2.24, 2.45) is 0 Å². The first-order chi connectivity index (χ1) is 17.9. The van der Waals surface area contributed by atoms with E-state index in [1.54, 1.807) is 17.5 Å². The Labute approximate surface area is 221 Å². The Kier molecular flexibility index (Phi) is 8.09. The number of thiazole rings is 1. The van der Waals surface area contributed by atoms with Crippen molar-refractivity contribution in [3.05, 3.63) is 45.9 Å². The smallest absolute Gasteiger partial charge is 0.255 e. The Morgan fingerprint density at radius 3 is 2.89 bits per heavy atom. The fourth-order valence-corrected chi connectivity index (χ4v) is 6.03. The number of fused-ring (bicyclic) bond motifs is 5. The van der Waals surface area contributed by atoms with E-state index in [4.69, 9.17) is 9.47 Å². The Balaban J connectivity index is 1.42. The average molecular weight is 529 g/mol. The maximum atomic E-state index is 13.4. The molecule has 1 aromatic heterocycles. The number of likely N-dealkylation sites (tertiary alicyclic amines) is 1. The molecule has 3 aliphatic heterocycles. The summed E-state index contributed by atoms with van der Waals surface area (Å²) in [7, 11) is 0. The van der Waals surface area contributed by atoms with Crippen molar-refractivity contribution >= 4 is 23.2 Å². The van der Waals surface area contributed by atoms with Crippen LogP contribution in [0.3, 0.4) is 0 Å². The minimum atomic E-state index is -0.618. The molecule has 3 N–H and O–H groups in total. The zero-order valence-electron chi connectivity index (χ0n) is 21.4. The van der Waals surface area contributed by atoms with Crippen LogP contribution >= 0.6 is 11.3 Å². The van der Waals surface area contributed by atoms with Gasteiger partial charge in [-0.1, -0.05) is 19.9 Å². The van der Waals surface area contributed by atoms with Gasteiger partial charge < -0.3 is 25.2 Å². The first-order valence-electron chi connectivity index (χ1n) is 13.2. The molecule has 0 spiro atoms. The monoisotopic (exact) mass is 528 g/mol. The van der Waals surface area contributed by atoms with Crippen molar-refractivity contribution in [1.82, 2.24) is 20.5 Å². The van der Waals surface area contributed by atoms with Crippen molar-refractivity contribution in [3.63, 3.8) is 0 Å². The van der Waals surface area contributed by atoms with Gasteiger partial charge in [0.25, 0.3) is 5.91 Å². The number of aliphatic hydroxyl groups is 1. The number of nitrogens with one attached hydrogen (secondary N) is 2. The molecule has 4 bridgehead atoms. The molecule has 2 aromatic rings. The number of hydrogen-bond acceptors (Lipinski definition) is 8.